The maximum Gasteiger partial charge on any atom is 0.0547 e. The Morgan fingerprint density at radius 3 is 1.00 bits per heavy atom. The Hall–Kier alpha value is -6.38. The lowest BCUT2D eigenvalue weighted by Gasteiger charge is -2.10. The number of rotatable bonds is 4. The minimum atomic E-state index is 1.16. The molecule has 0 bridgehead atoms. The van der Waals surface area contributed by atoms with E-state index in [0.29, 0.717) is 0 Å². The summed E-state index contributed by atoms with van der Waals surface area (Å²) in [6.07, 6.45) is 0. The molecule has 10 rings (SSSR count). The van der Waals surface area contributed by atoms with Crippen molar-refractivity contribution in [1.29, 1.82) is 0 Å². The van der Waals surface area contributed by atoms with Gasteiger partial charge in [0.2, 0.25) is 0 Å². The average molecular weight is 611 g/mol. The van der Waals surface area contributed by atoms with Crippen LogP contribution in [-0.4, -0.2) is 9.13 Å². The highest BCUT2D eigenvalue weighted by Gasteiger charge is 2.20. The van der Waals surface area contributed by atoms with E-state index < -0.39 is 0 Å². The van der Waals surface area contributed by atoms with Gasteiger partial charge in [0.1, 0.15) is 0 Å². The molecule has 48 heavy (non-hydrogen) atoms. The minimum Gasteiger partial charge on any atom is -0.309 e. The van der Waals surface area contributed by atoms with Gasteiger partial charge in [-0.1, -0.05) is 133 Å². The molecule has 0 saturated heterocycles. The number of hydrogen-bond donors (Lipinski definition) is 0. The van der Waals surface area contributed by atoms with Gasteiger partial charge in [-0.25, -0.2) is 0 Å². The summed E-state index contributed by atoms with van der Waals surface area (Å²) >= 11 is 0. The van der Waals surface area contributed by atoms with Gasteiger partial charge in [0.05, 0.1) is 22.1 Å². The second-order valence-corrected chi connectivity index (χ2v) is 12.6. The van der Waals surface area contributed by atoms with Crippen LogP contribution in [0, 0.1) is 0 Å². The van der Waals surface area contributed by atoms with Crippen LogP contribution in [0.1, 0.15) is 0 Å². The van der Waals surface area contributed by atoms with Crippen LogP contribution in [0.15, 0.2) is 182 Å². The SMILES string of the molecule is c1ccc(-c2ccc3c4c5ccc6c(c5ccc4n(-c4ccccc4)c3c2)c2ccc(-c3ccccc3)cc2n6-c2ccccc2)cc1. The summed E-state index contributed by atoms with van der Waals surface area (Å²) < 4.78 is 4.86. The molecule has 0 unspecified atom stereocenters. The van der Waals surface area contributed by atoms with Crippen molar-refractivity contribution < 1.29 is 0 Å². The van der Waals surface area contributed by atoms with E-state index in [2.05, 4.69) is 191 Å². The van der Waals surface area contributed by atoms with Crippen LogP contribution in [-0.2, 0) is 0 Å². The molecular formula is C46H30N2. The number of fused-ring (bicyclic) bond motifs is 9. The Balaban J connectivity index is 1.32. The smallest absolute Gasteiger partial charge is 0.0547 e. The molecule has 2 aromatic heterocycles. The van der Waals surface area contributed by atoms with Gasteiger partial charge in [0, 0.05) is 32.9 Å². The average Bonchev–Trinajstić information content (AvgIpc) is 3.68. The fourth-order valence-electron chi connectivity index (χ4n) is 7.77. The summed E-state index contributed by atoms with van der Waals surface area (Å²) in [4.78, 5) is 0. The largest absolute Gasteiger partial charge is 0.309 e. The summed E-state index contributed by atoms with van der Waals surface area (Å²) in [5, 5.41) is 7.63. The molecule has 2 nitrogen and oxygen atoms in total. The summed E-state index contributed by atoms with van der Waals surface area (Å²) in [7, 11) is 0. The van der Waals surface area contributed by atoms with Gasteiger partial charge in [-0.15, -0.1) is 0 Å². The van der Waals surface area contributed by atoms with E-state index in [1.54, 1.807) is 0 Å². The van der Waals surface area contributed by atoms with Crippen molar-refractivity contribution in [2.75, 3.05) is 0 Å². The van der Waals surface area contributed by atoms with E-state index in [9.17, 15) is 0 Å². The zero-order valence-corrected chi connectivity index (χ0v) is 26.2. The first-order valence-corrected chi connectivity index (χ1v) is 16.5. The lowest BCUT2D eigenvalue weighted by molar-refractivity contribution is 1.18. The highest BCUT2D eigenvalue weighted by atomic mass is 15.0. The summed E-state index contributed by atoms with van der Waals surface area (Å²) in [5.74, 6) is 0. The third-order valence-corrected chi connectivity index (χ3v) is 9.90. The molecule has 0 atom stereocenters. The van der Waals surface area contributed by atoms with E-state index in [-0.39, 0.29) is 0 Å². The highest BCUT2D eigenvalue weighted by molar-refractivity contribution is 6.29. The number of nitrogens with zero attached hydrogens (tertiary/aromatic N) is 2. The second kappa shape index (κ2) is 10.6. The number of para-hydroxylation sites is 2. The van der Waals surface area contributed by atoms with Gasteiger partial charge < -0.3 is 9.13 Å². The molecule has 0 aliphatic heterocycles. The first kappa shape index (κ1) is 26.8. The molecule has 224 valence electrons. The predicted octanol–water partition coefficient (Wildman–Crippen LogP) is 12.4. The molecule has 0 fully saturated rings. The number of aromatic nitrogens is 2. The summed E-state index contributed by atoms with van der Waals surface area (Å²) in [6, 6.07) is 66.1. The van der Waals surface area contributed by atoms with Crippen molar-refractivity contribution in [3.8, 4) is 33.6 Å². The molecule has 0 saturated carbocycles. The molecule has 0 N–H and O–H groups in total. The van der Waals surface area contributed by atoms with E-state index in [0.717, 1.165) is 11.4 Å². The highest BCUT2D eigenvalue weighted by Crippen LogP contribution is 2.43. The van der Waals surface area contributed by atoms with Crippen molar-refractivity contribution in [1.82, 2.24) is 9.13 Å². The van der Waals surface area contributed by atoms with Crippen molar-refractivity contribution in [3.05, 3.63) is 182 Å². The van der Waals surface area contributed by atoms with Gasteiger partial charge in [-0.3, -0.25) is 0 Å². The van der Waals surface area contributed by atoms with Crippen LogP contribution in [0.2, 0.25) is 0 Å². The van der Waals surface area contributed by atoms with Crippen LogP contribution < -0.4 is 0 Å². The second-order valence-electron chi connectivity index (χ2n) is 12.6. The van der Waals surface area contributed by atoms with Crippen LogP contribution in [0.5, 0.6) is 0 Å². The fourth-order valence-corrected chi connectivity index (χ4v) is 7.77. The number of benzene rings is 8. The van der Waals surface area contributed by atoms with Gasteiger partial charge in [0.25, 0.3) is 0 Å². The van der Waals surface area contributed by atoms with Gasteiger partial charge in [0.15, 0.2) is 0 Å². The lowest BCUT2D eigenvalue weighted by atomic mass is 9.97. The molecule has 0 aliphatic rings. The molecule has 0 spiro atoms. The molecule has 8 aromatic carbocycles. The first-order valence-electron chi connectivity index (χ1n) is 16.5. The molecule has 10 aromatic rings. The van der Waals surface area contributed by atoms with Crippen LogP contribution >= 0.6 is 0 Å². The Labute approximate surface area is 278 Å². The number of hydrogen-bond acceptors (Lipinski definition) is 0. The Kier molecular flexibility index (Phi) is 5.91. The Bertz CT molecular complexity index is 2590. The van der Waals surface area contributed by atoms with Crippen molar-refractivity contribution in [2.45, 2.75) is 0 Å². The first-order chi connectivity index (χ1) is 23.8. The molecule has 2 heterocycles. The summed E-state index contributed by atoms with van der Waals surface area (Å²) in [6.45, 7) is 0. The third-order valence-electron chi connectivity index (χ3n) is 9.90. The third kappa shape index (κ3) is 4.00. The molecule has 0 amide bonds. The van der Waals surface area contributed by atoms with Crippen molar-refractivity contribution in [2.24, 2.45) is 0 Å². The zero-order valence-electron chi connectivity index (χ0n) is 26.2. The molecule has 0 aliphatic carbocycles. The van der Waals surface area contributed by atoms with Crippen LogP contribution in [0.3, 0.4) is 0 Å². The summed E-state index contributed by atoms with van der Waals surface area (Å²) in [5.41, 5.74) is 12.1. The maximum atomic E-state index is 2.43. The topological polar surface area (TPSA) is 9.86 Å². The van der Waals surface area contributed by atoms with Crippen molar-refractivity contribution in [3.63, 3.8) is 0 Å². The Morgan fingerprint density at radius 2 is 0.604 bits per heavy atom. The standard InChI is InChI=1S/C46H30N2/c1-5-13-31(14-6-1)33-21-23-39-43(29-33)47(35-17-9-3-10-18-35)41-27-25-38-37(45(39)41)26-28-42-46(38)40-24-22-34(32-15-7-2-8-16-32)30-44(40)48(42)36-19-11-4-12-20-36/h1-30H. The fraction of sp³-hybridized carbons (Fsp3) is 0. The van der Waals surface area contributed by atoms with Crippen molar-refractivity contribution >= 4 is 54.4 Å². The normalized spacial score (nSPS) is 11.8. The molecule has 0 radical (unpaired) electrons. The molecular weight excluding hydrogens is 581 g/mol. The zero-order chi connectivity index (χ0) is 31.6. The van der Waals surface area contributed by atoms with E-state index in [4.69, 9.17) is 0 Å². The monoisotopic (exact) mass is 610 g/mol. The van der Waals surface area contributed by atoms with Gasteiger partial charge in [-0.05, 0) is 81.6 Å². The minimum absolute atomic E-state index is 1.16. The maximum absolute atomic E-state index is 2.43. The lowest BCUT2D eigenvalue weighted by Crippen LogP contribution is -1.94. The van der Waals surface area contributed by atoms with Gasteiger partial charge in [-0.2, -0.15) is 0 Å². The molecule has 2 heteroatoms. The van der Waals surface area contributed by atoms with Gasteiger partial charge >= 0.3 is 0 Å². The van der Waals surface area contributed by atoms with Crippen LogP contribution in [0.4, 0.5) is 0 Å². The van der Waals surface area contributed by atoms with E-state index in [1.165, 1.54) is 76.6 Å². The predicted molar refractivity (Wildman–Crippen MR) is 203 cm³/mol. The van der Waals surface area contributed by atoms with Crippen LogP contribution in [0.25, 0.3) is 88.0 Å². The van der Waals surface area contributed by atoms with E-state index in [1.807, 2.05) is 0 Å². The Morgan fingerprint density at radius 1 is 0.250 bits per heavy atom. The quantitative estimate of drug-likeness (QED) is 0.188. The van der Waals surface area contributed by atoms with E-state index >= 15 is 0 Å².